The van der Waals surface area contributed by atoms with E-state index >= 15 is 0 Å². The molecule has 3 aromatic rings. The Bertz CT molecular complexity index is 948. The minimum Gasteiger partial charge on any atom is -0.258 e. The molecule has 1 aromatic carbocycles. The first kappa shape index (κ1) is 20.6. The highest BCUT2D eigenvalue weighted by atomic mass is 79.9. The zero-order valence-corrected chi connectivity index (χ0v) is 17.4. The van der Waals surface area contributed by atoms with Gasteiger partial charge in [-0.1, -0.05) is 44.2 Å². The van der Waals surface area contributed by atoms with Gasteiger partial charge in [-0.3, -0.25) is 15.5 Å². The number of nitrogens with zero attached hydrogens (tertiary/aromatic N) is 6. The number of benzene rings is 1. The molecule has 0 amide bonds. The van der Waals surface area contributed by atoms with Crippen LogP contribution in [-0.2, 0) is 5.41 Å². The molecule has 27 heavy (non-hydrogen) atoms. The van der Waals surface area contributed by atoms with Gasteiger partial charge < -0.3 is 0 Å². The highest BCUT2D eigenvalue weighted by Crippen LogP contribution is 2.34. The van der Waals surface area contributed by atoms with E-state index in [9.17, 15) is 10.1 Å². The number of nitro groups is 1. The van der Waals surface area contributed by atoms with Gasteiger partial charge in [-0.2, -0.15) is 10.2 Å². The molecule has 0 aliphatic rings. The number of thiazole rings is 1. The van der Waals surface area contributed by atoms with Crippen molar-refractivity contribution in [3.63, 3.8) is 0 Å². The van der Waals surface area contributed by atoms with Crippen LogP contribution in [0.1, 0.15) is 32.0 Å². The van der Waals surface area contributed by atoms with E-state index in [1.54, 1.807) is 23.1 Å². The summed E-state index contributed by atoms with van der Waals surface area (Å²) in [6.45, 7) is 6.20. The molecular formula is C16H18BrN7O2S. The van der Waals surface area contributed by atoms with Crippen LogP contribution < -0.4 is 5.43 Å². The first-order chi connectivity index (χ1) is 12.3. The second-order valence-electron chi connectivity index (χ2n) is 6.48. The Labute approximate surface area is 170 Å². The van der Waals surface area contributed by atoms with E-state index in [2.05, 4.69) is 46.4 Å². The van der Waals surface area contributed by atoms with Gasteiger partial charge in [0.2, 0.25) is 5.13 Å². The van der Waals surface area contributed by atoms with Crippen molar-refractivity contribution in [2.24, 2.45) is 5.10 Å². The fourth-order valence-electron chi connectivity index (χ4n) is 2.20. The van der Waals surface area contributed by atoms with Crippen LogP contribution in [-0.4, -0.2) is 30.9 Å². The van der Waals surface area contributed by atoms with Crippen molar-refractivity contribution in [2.75, 3.05) is 5.43 Å². The smallest absolute Gasteiger partial charge is 0.258 e. The van der Waals surface area contributed by atoms with Crippen LogP contribution in [0.2, 0.25) is 0 Å². The summed E-state index contributed by atoms with van der Waals surface area (Å²) >= 11 is 1.40. The summed E-state index contributed by atoms with van der Waals surface area (Å²) in [7, 11) is 0. The van der Waals surface area contributed by atoms with E-state index in [1.807, 2.05) is 0 Å². The summed E-state index contributed by atoms with van der Waals surface area (Å²) in [4.78, 5) is 19.0. The normalized spacial score (nSPS) is 11.4. The molecule has 0 bridgehead atoms. The number of nitrogens with one attached hydrogen (secondary N) is 1. The lowest BCUT2D eigenvalue weighted by molar-refractivity contribution is -0.384. The van der Waals surface area contributed by atoms with Crippen LogP contribution in [0.3, 0.4) is 0 Å². The maximum atomic E-state index is 10.8. The van der Waals surface area contributed by atoms with Crippen molar-refractivity contribution in [1.82, 2.24) is 19.7 Å². The van der Waals surface area contributed by atoms with Gasteiger partial charge in [0.05, 0.1) is 16.8 Å². The molecule has 142 valence electrons. The van der Waals surface area contributed by atoms with Crippen LogP contribution in [0.15, 0.2) is 42.0 Å². The van der Waals surface area contributed by atoms with Crippen LogP contribution in [0.25, 0.3) is 5.00 Å². The van der Waals surface area contributed by atoms with Crippen LogP contribution >= 0.6 is 28.3 Å². The first-order valence-corrected chi connectivity index (χ1v) is 8.56. The van der Waals surface area contributed by atoms with Gasteiger partial charge in [-0.25, -0.2) is 14.6 Å². The molecule has 0 aliphatic carbocycles. The number of non-ortho nitro benzene ring substituents is 1. The summed E-state index contributed by atoms with van der Waals surface area (Å²) in [6, 6.07) is 6.24. The first-order valence-electron chi connectivity index (χ1n) is 7.74. The molecule has 0 saturated heterocycles. The molecule has 0 fully saturated rings. The molecule has 11 heteroatoms. The molecule has 0 spiro atoms. The maximum Gasteiger partial charge on any atom is 0.270 e. The minimum absolute atomic E-state index is 0. The molecule has 0 aliphatic heterocycles. The van der Waals surface area contributed by atoms with E-state index in [-0.39, 0.29) is 28.1 Å². The number of hydrogen-bond acceptors (Lipinski definition) is 8. The zero-order valence-electron chi connectivity index (χ0n) is 14.9. The second-order valence-corrected chi connectivity index (χ2v) is 7.46. The summed E-state index contributed by atoms with van der Waals surface area (Å²) in [5.41, 5.74) is 4.22. The van der Waals surface area contributed by atoms with Crippen molar-refractivity contribution in [3.8, 4) is 5.00 Å². The quantitative estimate of drug-likeness (QED) is 0.357. The number of anilines is 1. The predicted molar refractivity (Wildman–Crippen MR) is 110 cm³/mol. The van der Waals surface area contributed by atoms with E-state index in [4.69, 9.17) is 0 Å². The molecule has 9 nitrogen and oxygen atoms in total. The van der Waals surface area contributed by atoms with E-state index in [0.29, 0.717) is 10.7 Å². The summed E-state index contributed by atoms with van der Waals surface area (Å²) in [6.07, 6.45) is 4.61. The fraction of sp³-hybridized carbons (Fsp3) is 0.250. The van der Waals surface area contributed by atoms with Crippen LogP contribution in [0.5, 0.6) is 0 Å². The van der Waals surface area contributed by atoms with Crippen molar-refractivity contribution >= 4 is 45.4 Å². The van der Waals surface area contributed by atoms with Crippen LogP contribution in [0, 0.1) is 10.1 Å². The van der Waals surface area contributed by atoms with Gasteiger partial charge in [0.15, 0.2) is 0 Å². The van der Waals surface area contributed by atoms with Gasteiger partial charge in [-0.05, 0) is 0 Å². The number of rotatable bonds is 5. The Balaban J connectivity index is 0.00000261. The maximum absolute atomic E-state index is 10.8. The van der Waals surface area contributed by atoms with E-state index < -0.39 is 4.92 Å². The molecular weight excluding hydrogens is 434 g/mol. The Morgan fingerprint density at radius 1 is 1.37 bits per heavy atom. The highest BCUT2D eigenvalue weighted by Gasteiger charge is 2.24. The average molecular weight is 452 g/mol. The van der Waals surface area contributed by atoms with Crippen molar-refractivity contribution in [2.45, 2.75) is 26.2 Å². The fourth-order valence-corrected chi connectivity index (χ4v) is 3.25. The third-order valence-electron chi connectivity index (χ3n) is 3.40. The van der Waals surface area contributed by atoms with Crippen LogP contribution in [0.4, 0.5) is 10.8 Å². The largest absolute Gasteiger partial charge is 0.270 e. The topological polar surface area (TPSA) is 111 Å². The Morgan fingerprint density at radius 2 is 2.15 bits per heavy atom. The lowest BCUT2D eigenvalue weighted by atomic mass is 9.92. The third-order valence-corrected chi connectivity index (χ3v) is 4.35. The van der Waals surface area contributed by atoms with Gasteiger partial charge >= 0.3 is 0 Å². The Morgan fingerprint density at radius 3 is 2.78 bits per heavy atom. The van der Waals surface area contributed by atoms with Gasteiger partial charge in [0.1, 0.15) is 17.7 Å². The average Bonchev–Trinajstić information content (AvgIpc) is 3.24. The molecule has 0 saturated carbocycles. The number of nitro benzene ring substituents is 1. The molecule has 2 heterocycles. The SMILES string of the molecule is Br.CC(C)(C)c1nc(N/N=C/c2cccc([N+](=O)[O-])c2)sc1-n1cncn1. The molecule has 0 radical (unpaired) electrons. The molecule has 3 rings (SSSR count). The lowest BCUT2D eigenvalue weighted by Crippen LogP contribution is -2.15. The zero-order chi connectivity index (χ0) is 18.7. The third kappa shape index (κ3) is 4.95. The summed E-state index contributed by atoms with van der Waals surface area (Å²) in [5.74, 6) is 0. The summed E-state index contributed by atoms with van der Waals surface area (Å²) in [5, 5.41) is 20.6. The second kappa shape index (κ2) is 8.35. The van der Waals surface area contributed by atoms with Gasteiger partial charge in [0, 0.05) is 23.1 Å². The van der Waals surface area contributed by atoms with E-state index in [0.717, 1.165) is 10.7 Å². The minimum atomic E-state index is -0.439. The summed E-state index contributed by atoms with van der Waals surface area (Å²) < 4.78 is 1.67. The Hall–Kier alpha value is -2.66. The van der Waals surface area contributed by atoms with Crippen molar-refractivity contribution in [3.05, 3.63) is 58.3 Å². The molecule has 0 unspecified atom stereocenters. The number of hydrogen-bond donors (Lipinski definition) is 1. The van der Waals surface area contributed by atoms with Crippen molar-refractivity contribution < 1.29 is 4.92 Å². The standard InChI is InChI=1S/C16H17N7O2S.BrH/c1-16(2,3)13-14(22-10-17-9-19-22)26-15(20-13)21-18-8-11-5-4-6-12(7-11)23(24)25;/h4-10H,1-3H3,(H,20,21);1H/b18-8+;. The number of hydrazone groups is 1. The van der Waals surface area contributed by atoms with Gasteiger partial charge in [-0.15, -0.1) is 17.0 Å². The lowest BCUT2D eigenvalue weighted by Gasteiger charge is -2.16. The Kier molecular flexibility index (Phi) is 6.39. The van der Waals surface area contributed by atoms with Gasteiger partial charge in [0.25, 0.3) is 5.69 Å². The molecule has 0 atom stereocenters. The monoisotopic (exact) mass is 451 g/mol. The predicted octanol–water partition coefficient (Wildman–Crippen LogP) is 3.95. The molecule has 1 N–H and O–H groups in total. The van der Waals surface area contributed by atoms with Crippen molar-refractivity contribution in [1.29, 1.82) is 0 Å². The number of aromatic nitrogens is 4. The number of halogens is 1. The van der Waals surface area contributed by atoms with E-state index in [1.165, 1.54) is 36.0 Å². The molecule has 2 aromatic heterocycles. The highest BCUT2D eigenvalue weighted by molar-refractivity contribution is 8.93.